The molecule has 0 amide bonds. The number of nitrogens with one attached hydrogen (secondary N) is 2. The normalized spacial score (nSPS) is 12.3. The molecule has 5 rings (SSSR count). The lowest BCUT2D eigenvalue weighted by Crippen LogP contribution is -2.42. The van der Waals surface area contributed by atoms with Gasteiger partial charge in [-0.3, -0.25) is 5.10 Å². The monoisotopic (exact) mass is 484 g/mol. The van der Waals surface area contributed by atoms with Crippen molar-refractivity contribution in [3.63, 3.8) is 0 Å². The molecule has 2 N–H and O–H groups in total. The summed E-state index contributed by atoms with van der Waals surface area (Å²) in [5.41, 5.74) is 4.82. The molecule has 0 fully saturated rings. The molecular formula is C29H32N4O3. The highest BCUT2D eigenvalue weighted by atomic mass is 16.5. The fourth-order valence-corrected chi connectivity index (χ4v) is 4.07. The third kappa shape index (κ3) is 3.94. The summed E-state index contributed by atoms with van der Waals surface area (Å²) in [6.45, 7) is 10.6. The number of H-pyrrole nitrogens is 2. The first-order chi connectivity index (χ1) is 17.1. The number of para-hydroxylation sites is 2. The highest BCUT2D eigenvalue weighted by Crippen LogP contribution is 2.46. The van der Waals surface area contributed by atoms with E-state index in [1.54, 1.807) is 14.2 Å². The van der Waals surface area contributed by atoms with Crippen molar-refractivity contribution in [2.24, 2.45) is 5.41 Å². The Morgan fingerprint density at radius 1 is 0.806 bits per heavy atom. The lowest BCUT2D eigenvalue weighted by molar-refractivity contribution is -0.00303. The van der Waals surface area contributed by atoms with E-state index in [-0.39, 0.29) is 5.41 Å². The minimum Gasteiger partial charge on any atom is -0.493 e. The first-order valence-corrected chi connectivity index (χ1v) is 12.0. The molecule has 0 saturated heterocycles. The lowest BCUT2D eigenvalue weighted by atomic mass is 9.79. The maximum absolute atomic E-state index is 6.50. The number of hydrogen-bond acceptors (Lipinski definition) is 5. The summed E-state index contributed by atoms with van der Waals surface area (Å²) < 4.78 is 18.1. The van der Waals surface area contributed by atoms with Crippen LogP contribution in [-0.2, 0) is 0 Å². The summed E-state index contributed by atoms with van der Waals surface area (Å²) in [5.74, 6) is 2.50. The minimum atomic E-state index is -0.460. The van der Waals surface area contributed by atoms with Crippen molar-refractivity contribution in [3.8, 4) is 39.9 Å². The van der Waals surface area contributed by atoms with Crippen LogP contribution in [0.3, 0.4) is 0 Å². The molecule has 0 aliphatic carbocycles. The Bertz CT molecular complexity index is 1530. The molecule has 5 aromatic rings. The molecule has 0 aliphatic heterocycles. The fourth-order valence-electron chi connectivity index (χ4n) is 4.07. The molecule has 0 spiro atoms. The predicted molar refractivity (Wildman–Crippen MR) is 144 cm³/mol. The number of nitrogens with zero attached hydrogens (tertiary/aromatic N) is 2. The van der Waals surface area contributed by atoms with Gasteiger partial charge in [-0.15, -0.1) is 0 Å². The van der Waals surface area contributed by atoms with Crippen LogP contribution in [0.1, 0.15) is 34.6 Å². The van der Waals surface area contributed by atoms with Gasteiger partial charge >= 0.3 is 0 Å². The summed E-state index contributed by atoms with van der Waals surface area (Å²) in [6.07, 6.45) is 0. The SMILES string of the molecule is COc1cc(-c2cccc3[nH]c(-c4n[nH]c5ccccc45)nc23)cc(OC)c1OC(C)(C)C(C)(C)C. The smallest absolute Gasteiger partial charge is 0.204 e. The van der Waals surface area contributed by atoms with Gasteiger partial charge in [-0.2, -0.15) is 5.10 Å². The van der Waals surface area contributed by atoms with Crippen molar-refractivity contribution < 1.29 is 14.2 Å². The number of aromatic amines is 2. The number of methoxy groups -OCH3 is 2. The van der Waals surface area contributed by atoms with Crippen molar-refractivity contribution in [2.75, 3.05) is 14.2 Å². The quantitative estimate of drug-likeness (QED) is 0.271. The molecular weight excluding hydrogens is 452 g/mol. The van der Waals surface area contributed by atoms with Crippen LogP contribution in [0.25, 0.3) is 44.6 Å². The van der Waals surface area contributed by atoms with Gasteiger partial charge in [0.25, 0.3) is 0 Å². The zero-order valence-electron chi connectivity index (χ0n) is 21.8. The topological polar surface area (TPSA) is 85.1 Å². The van der Waals surface area contributed by atoms with Gasteiger partial charge in [0, 0.05) is 16.4 Å². The standard InChI is InChI=1S/C29H32N4O3/c1-28(2,3)29(4,5)36-26-22(34-6)15-17(16-23(26)35-7)18-12-10-14-21-24(18)31-27(30-21)25-19-11-8-9-13-20(19)32-33-25/h8-16H,1-7H3,(H,30,31)(H,32,33). The van der Waals surface area contributed by atoms with Gasteiger partial charge in [-0.05, 0) is 43.7 Å². The highest BCUT2D eigenvalue weighted by molar-refractivity contribution is 5.97. The molecule has 0 atom stereocenters. The van der Waals surface area contributed by atoms with Crippen LogP contribution in [0.2, 0.25) is 0 Å². The molecule has 0 saturated carbocycles. The molecule has 186 valence electrons. The van der Waals surface area contributed by atoms with Gasteiger partial charge < -0.3 is 19.2 Å². The summed E-state index contributed by atoms with van der Waals surface area (Å²) >= 11 is 0. The number of fused-ring (bicyclic) bond motifs is 2. The summed E-state index contributed by atoms with van der Waals surface area (Å²) in [5, 5.41) is 8.61. The first-order valence-electron chi connectivity index (χ1n) is 12.0. The Hall–Kier alpha value is -4.00. The van der Waals surface area contributed by atoms with E-state index in [0.29, 0.717) is 23.1 Å². The average Bonchev–Trinajstić information content (AvgIpc) is 3.47. The molecule has 3 aromatic carbocycles. The summed E-state index contributed by atoms with van der Waals surface area (Å²) in [6, 6.07) is 18.0. The number of imidazole rings is 1. The molecule has 2 heterocycles. The predicted octanol–water partition coefficient (Wildman–Crippen LogP) is 6.99. The molecule has 0 radical (unpaired) electrons. The Labute approximate surface area is 210 Å². The highest BCUT2D eigenvalue weighted by Gasteiger charge is 2.37. The van der Waals surface area contributed by atoms with E-state index >= 15 is 0 Å². The van der Waals surface area contributed by atoms with Crippen LogP contribution in [-0.4, -0.2) is 40.0 Å². The second-order valence-electron chi connectivity index (χ2n) is 10.5. The number of benzene rings is 3. The van der Waals surface area contributed by atoms with Crippen molar-refractivity contribution in [1.29, 1.82) is 0 Å². The second-order valence-corrected chi connectivity index (χ2v) is 10.5. The van der Waals surface area contributed by atoms with Gasteiger partial charge in [0.2, 0.25) is 5.75 Å². The van der Waals surface area contributed by atoms with E-state index in [1.165, 1.54) is 0 Å². The number of ether oxygens (including phenoxy) is 3. The fraction of sp³-hybridized carbons (Fsp3) is 0.310. The summed E-state index contributed by atoms with van der Waals surface area (Å²) in [4.78, 5) is 8.39. The van der Waals surface area contributed by atoms with Gasteiger partial charge in [-0.25, -0.2) is 4.98 Å². The van der Waals surface area contributed by atoms with E-state index in [9.17, 15) is 0 Å². The van der Waals surface area contributed by atoms with Gasteiger partial charge in [0.05, 0.1) is 30.8 Å². The first kappa shape index (κ1) is 23.7. The maximum Gasteiger partial charge on any atom is 0.204 e. The van der Waals surface area contributed by atoms with E-state index < -0.39 is 5.60 Å². The van der Waals surface area contributed by atoms with Gasteiger partial charge in [0.15, 0.2) is 17.3 Å². The zero-order chi connectivity index (χ0) is 25.7. The average molecular weight is 485 g/mol. The van der Waals surface area contributed by atoms with Crippen LogP contribution in [0, 0.1) is 5.41 Å². The van der Waals surface area contributed by atoms with Gasteiger partial charge in [-0.1, -0.05) is 51.1 Å². The molecule has 36 heavy (non-hydrogen) atoms. The number of aromatic nitrogens is 4. The Balaban J connectivity index is 1.63. The van der Waals surface area contributed by atoms with Crippen molar-refractivity contribution >= 4 is 21.9 Å². The van der Waals surface area contributed by atoms with E-state index in [4.69, 9.17) is 19.2 Å². The third-order valence-corrected chi connectivity index (χ3v) is 7.14. The second kappa shape index (κ2) is 8.59. The number of rotatable bonds is 6. The van der Waals surface area contributed by atoms with Gasteiger partial charge in [0.1, 0.15) is 11.3 Å². The maximum atomic E-state index is 6.50. The van der Waals surface area contributed by atoms with Crippen LogP contribution < -0.4 is 14.2 Å². The number of hydrogen-bond donors (Lipinski definition) is 2. The van der Waals surface area contributed by atoms with Crippen molar-refractivity contribution in [3.05, 3.63) is 54.6 Å². The molecule has 0 aliphatic rings. The van der Waals surface area contributed by atoms with E-state index in [2.05, 4.69) is 49.8 Å². The Morgan fingerprint density at radius 3 is 2.14 bits per heavy atom. The minimum absolute atomic E-state index is 0.102. The Kier molecular flexibility index (Phi) is 5.66. The zero-order valence-corrected chi connectivity index (χ0v) is 21.8. The largest absolute Gasteiger partial charge is 0.493 e. The van der Waals surface area contributed by atoms with E-state index in [0.717, 1.165) is 38.8 Å². The van der Waals surface area contributed by atoms with Crippen LogP contribution >= 0.6 is 0 Å². The van der Waals surface area contributed by atoms with Crippen LogP contribution in [0.15, 0.2) is 54.6 Å². The molecule has 0 unspecified atom stereocenters. The Morgan fingerprint density at radius 2 is 1.47 bits per heavy atom. The van der Waals surface area contributed by atoms with E-state index in [1.807, 2.05) is 54.6 Å². The van der Waals surface area contributed by atoms with Crippen LogP contribution in [0.5, 0.6) is 17.2 Å². The third-order valence-electron chi connectivity index (χ3n) is 7.14. The molecule has 7 nitrogen and oxygen atoms in total. The lowest BCUT2D eigenvalue weighted by Gasteiger charge is -2.39. The van der Waals surface area contributed by atoms with Crippen molar-refractivity contribution in [1.82, 2.24) is 20.2 Å². The van der Waals surface area contributed by atoms with Crippen molar-refractivity contribution in [2.45, 2.75) is 40.2 Å². The molecule has 2 aromatic heterocycles. The van der Waals surface area contributed by atoms with Crippen LogP contribution in [0.4, 0.5) is 0 Å². The molecule has 0 bridgehead atoms. The molecule has 7 heteroatoms. The summed E-state index contributed by atoms with van der Waals surface area (Å²) in [7, 11) is 3.29.